The summed E-state index contributed by atoms with van der Waals surface area (Å²) in [5, 5.41) is 4.98. The van der Waals surface area contributed by atoms with Gasteiger partial charge in [0.2, 0.25) is 0 Å². The molecule has 0 saturated carbocycles. The zero-order valence-corrected chi connectivity index (χ0v) is 19.1. The van der Waals surface area contributed by atoms with E-state index in [-0.39, 0.29) is 5.91 Å². The second kappa shape index (κ2) is 8.75. The minimum Gasteiger partial charge on any atom is -0.493 e. The molecule has 0 saturated heterocycles. The zero-order chi connectivity index (χ0) is 22.8. The van der Waals surface area contributed by atoms with Crippen molar-refractivity contribution in [2.45, 2.75) is 20.8 Å². The number of nitrogens with one attached hydrogen (secondary N) is 1. The normalized spacial score (nSPS) is 10.8. The molecule has 162 valence electrons. The van der Waals surface area contributed by atoms with Gasteiger partial charge in [0.25, 0.3) is 5.91 Å². The maximum atomic E-state index is 13.3. The second-order valence-electron chi connectivity index (χ2n) is 8.09. The Hall–Kier alpha value is -3.79. The fourth-order valence-electron chi connectivity index (χ4n) is 3.86. The molecule has 0 spiro atoms. The number of carbonyl (C=O) groups is 1. The maximum absolute atomic E-state index is 13.3. The first-order valence-electron chi connectivity index (χ1n) is 10.5. The molecule has 0 aromatic heterocycles. The molecule has 4 aromatic rings. The summed E-state index contributed by atoms with van der Waals surface area (Å²) in [5.74, 6) is 1.13. The van der Waals surface area contributed by atoms with Crippen molar-refractivity contribution >= 4 is 22.4 Å². The highest BCUT2D eigenvalue weighted by atomic mass is 16.5. The van der Waals surface area contributed by atoms with E-state index in [9.17, 15) is 4.79 Å². The van der Waals surface area contributed by atoms with Crippen LogP contribution < -0.4 is 14.8 Å². The number of hydrogen-bond acceptors (Lipinski definition) is 3. The van der Waals surface area contributed by atoms with Crippen LogP contribution in [-0.2, 0) is 0 Å². The summed E-state index contributed by atoms with van der Waals surface area (Å²) < 4.78 is 11.0. The lowest BCUT2D eigenvalue weighted by atomic mass is 9.94. The van der Waals surface area contributed by atoms with Crippen LogP contribution in [0.3, 0.4) is 0 Å². The molecule has 4 aromatic carbocycles. The zero-order valence-electron chi connectivity index (χ0n) is 19.1. The van der Waals surface area contributed by atoms with Crippen LogP contribution in [0, 0.1) is 20.8 Å². The molecule has 0 atom stereocenters. The highest BCUT2D eigenvalue weighted by Crippen LogP contribution is 2.38. The fraction of sp³-hybridized carbons (Fsp3) is 0.179. The van der Waals surface area contributed by atoms with Gasteiger partial charge in [-0.05, 0) is 84.1 Å². The number of benzene rings is 4. The van der Waals surface area contributed by atoms with Crippen molar-refractivity contribution in [2.24, 2.45) is 0 Å². The van der Waals surface area contributed by atoms with Crippen molar-refractivity contribution < 1.29 is 14.3 Å². The summed E-state index contributed by atoms with van der Waals surface area (Å²) in [7, 11) is 3.24. The minimum absolute atomic E-state index is 0.149. The summed E-state index contributed by atoms with van der Waals surface area (Å²) in [4.78, 5) is 13.3. The molecule has 0 aliphatic carbocycles. The molecule has 0 aliphatic heterocycles. The average molecular weight is 426 g/mol. The van der Waals surface area contributed by atoms with Crippen LogP contribution in [0.4, 0.5) is 5.69 Å². The Morgan fingerprint density at radius 3 is 2.09 bits per heavy atom. The van der Waals surface area contributed by atoms with Gasteiger partial charge in [-0.15, -0.1) is 0 Å². The van der Waals surface area contributed by atoms with Gasteiger partial charge in [-0.2, -0.15) is 0 Å². The third kappa shape index (κ3) is 4.17. The molecular formula is C28H27NO3. The summed E-state index contributed by atoms with van der Waals surface area (Å²) >= 11 is 0. The van der Waals surface area contributed by atoms with E-state index in [2.05, 4.69) is 36.5 Å². The van der Waals surface area contributed by atoms with Gasteiger partial charge >= 0.3 is 0 Å². The van der Waals surface area contributed by atoms with Gasteiger partial charge in [-0.1, -0.05) is 42.0 Å². The van der Waals surface area contributed by atoms with E-state index in [0.29, 0.717) is 17.1 Å². The van der Waals surface area contributed by atoms with Gasteiger partial charge in [0.15, 0.2) is 11.5 Å². The molecule has 4 rings (SSSR count). The number of anilines is 1. The van der Waals surface area contributed by atoms with E-state index in [0.717, 1.165) is 38.7 Å². The third-order valence-electron chi connectivity index (χ3n) is 5.72. The summed E-state index contributed by atoms with van der Waals surface area (Å²) in [6.07, 6.45) is 0. The number of rotatable bonds is 5. The Morgan fingerprint density at radius 2 is 1.41 bits per heavy atom. The number of aryl methyl sites for hydroxylation is 3. The number of carbonyl (C=O) groups excluding carboxylic acids is 1. The van der Waals surface area contributed by atoms with Crippen LogP contribution in [0.2, 0.25) is 0 Å². The van der Waals surface area contributed by atoms with E-state index in [1.807, 2.05) is 56.3 Å². The number of amides is 1. The Labute approximate surface area is 188 Å². The Kier molecular flexibility index (Phi) is 5.87. The van der Waals surface area contributed by atoms with Crippen LogP contribution >= 0.6 is 0 Å². The summed E-state index contributed by atoms with van der Waals surface area (Å²) in [6.45, 7) is 6.06. The monoisotopic (exact) mass is 425 g/mol. The van der Waals surface area contributed by atoms with Gasteiger partial charge in [0.1, 0.15) is 0 Å². The van der Waals surface area contributed by atoms with Crippen LogP contribution in [-0.4, -0.2) is 20.1 Å². The predicted octanol–water partition coefficient (Wildman–Crippen LogP) is 6.70. The molecule has 1 N–H and O–H groups in total. The Bertz CT molecular complexity index is 1310. The Balaban J connectivity index is 1.88. The molecule has 1 amide bonds. The lowest BCUT2D eigenvalue weighted by molar-refractivity contribution is 0.102. The standard InChI is InChI=1S/C28H27NO3/c1-17-7-10-20(11-8-17)23-14-22(28(30)29-25-12-18(2)6-9-19(25)3)13-21-15-26(31-4)27(32-5)16-24(21)23/h6-16H,1-5H3,(H,29,30). The van der Waals surface area contributed by atoms with Crippen LogP contribution in [0.15, 0.2) is 66.7 Å². The molecule has 0 aliphatic rings. The molecule has 0 radical (unpaired) electrons. The third-order valence-corrected chi connectivity index (χ3v) is 5.72. The van der Waals surface area contributed by atoms with Crippen LogP contribution in [0.25, 0.3) is 21.9 Å². The van der Waals surface area contributed by atoms with Gasteiger partial charge in [-0.25, -0.2) is 0 Å². The van der Waals surface area contributed by atoms with Crippen molar-refractivity contribution in [3.8, 4) is 22.6 Å². The largest absolute Gasteiger partial charge is 0.493 e. The van der Waals surface area contributed by atoms with E-state index < -0.39 is 0 Å². The quantitative estimate of drug-likeness (QED) is 0.387. The molecular weight excluding hydrogens is 398 g/mol. The lowest BCUT2D eigenvalue weighted by Gasteiger charge is -2.15. The van der Waals surface area contributed by atoms with Gasteiger partial charge in [-0.3, -0.25) is 4.79 Å². The minimum atomic E-state index is -0.149. The molecule has 0 unspecified atom stereocenters. The van der Waals surface area contributed by atoms with Gasteiger partial charge in [0, 0.05) is 11.3 Å². The Morgan fingerprint density at radius 1 is 0.750 bits per heavy atom. The smallest absolute Gasteiger partial charge is 0.255 e. The van der Waals surface area contributed by atoms with Crippen molar-refractivity contribution in [3.63, 3.8) is 0 Å². The first-order chi connectivity index (χ1) is 15.4. The molecule has 0 fully saturated rings. The van der Waals surface area contributed by atoms with E-state index in [1.54, 1.807) is 14.2 Å². The molecule has 4 nitrogen and oxygen atoms in total. The number of ether oxygens (including phenoxy) is 2. The van der Waals surface area contributed by atoms with E-state index >= 15 is 0 Å². The summed E-state index contributed by atoms with van der Waals surface area (Å²) in [6, 6.07) is 22.1. The first-order valence-corrected chi connectivity index (χ1v) is 10.5. The summed E-state index contributed by atoms with van der Waals surface area (Å²) in [5.41, 5.74) is 6.71. The van der Waals surface area contributed by atoms with E-state index in [1.165, 1.54) is 5.56 Å². The molecule has 32 heavy (non-hydrogen) atoms. The topological polar surface area (TPSA) is 47.6 Å². The lowest BCUT2D eigenvalue weighted by Crippen LogP contribution is -2.13. The van der Waals surface area contributed by atoms with Gasteiger partial charge < -0.3 is 14.8 Å². The highest BCUT2D eigenvalue weighted by molar-refractivity contribution is 6.10. The van der Waals surface area contributed by atoms with Crippen molar-refractivity contribution in [1.82, 2.24) is 0 Å². The fourth-order valence-corrected chi connectivity index (χ4v) is 3.86. The molecule has 0 heterocycles. The van der Waals surface area contributed by atoms with E-state index in [4.69, 9.17) is 9.47 Å². The SMILES string of the molecule is COc1cc2cc(C(=O)Nc3cc(C)ccc3C)cc(-c3ccc(C)cc3)c2cc1OC. The maximum Gasteiger partial charge on any atom is 0.255 e. The number of fused-ring (bicyclic) bond motifs is 1. The van der Waals surface area contributed by atoms with Crippen molar-refractivity contribution in [1.29, 1.82) is 0 Å². The van der Waals surface area contributed by atoms with Crippen LogP contribution in [0.5, 0.6) is 11.5 Å². The average Bonchev–Trinajstić information content (AvgIpc) is 2.80. The molecule has 0 bridgehead atoms. The number of methoxy groups -OCH3 is 2. The second-order valence-corrected chi connectivity index (χ2v) is 8.09. The van der Waals surface area contributed by atoms with Gasteiger partial charge in [0.05, 0.1) is 14.2 Å². The first kappa shape index (κ1) is 21.4. The highest BCUT2D eigenvalue weighted by Gasteiger charge is 2.16. The van der Waals surface area contributed by atoms with Crippen molar-refractivity contribution in [2.75, 3.05) is 19.5 Å². The predicted molar refractivity (Wildman–Crippen MR) is 131 cm³/mol. The molecule has 4 heteroatoms. The van der Waals surface area contributed by atoms with Crippen molar-refractivity contribution in [3.05, 3.63) is 89.0 Å². The number of hydrogen-bond donors (Lipinski definition) is 1. The van der Waals surface area contributed by atoms with Crippen LogP contribution in [0.1, 0.15) is 27.0 Å².